The third-order valence-electron chi connectivity index (χ3n) is 3.77. The van der Waals surface area contributed by atoms with Crippen LogP contribution in [-0.2, 0) is 0 Å². The molecule has 0 aromatic heterocycles. The molecule has 1 saturated heterocycles. The highest BCUT2D eigenvalue weighted by molar-refractivity contribution is 5.74. The van der Waals surface area contributed by atoms with Crippen molar-refractivity contribution in [2.24, 2.45) is 5.73 Å². The molecule has 2 aliphatic rings. The largest absolute Gasteiger partial charge is 0.334 e. The van der Waals surface area contributed by atoms with Gasteiger partial charge in [0.2, 0.25) is 0 Å². The molecule has 1 aliphatic heterocycles. The summed E-state index contributed by atoms with van der Waals surface area (Å²) in [6.45, 7) is 1.82. The number of carbonyl (C=O) groups excluding carboxylic acids is 1. The van der Waals surface area contributed by atoms with E-state index in [2.05, 4.69) is 5.32 Å². The van der Waals surface area contributed by atoms with E-state index in [4.69, 9.17) is 5.73 Å². The van der Waals surface area contributed by atoms with Gasteiger partial charge in [-0.1, -0.05) is 12.8 Å². The molecule has 4 heteroatoms. The van der Waals surface area contributed by atoms with Crippen LogP contribution in [0.2, 0.25) is 0 Å². The number of amides is 2. The molecule has 3 N–H and O–H groups in total. The summed E-state index contributed by atoms with van der Waals surface area (Å²) in [6.07, 6.45) is 8.03. The Morgan fingerprint density at radius 2 is 1.75 bits per heavy atom. The molecule has 2 amide bonds. The van der Waals surface area contributed by atoms with Crippen LogP contribution >= 0.6 is 0 Å². The Hall–Kier alpha value is -0.770. The first-order valence-electron chi connectivity index (χ1n) is 6.58. The molecule has 0 radical (unpaired) electrons. The number of nitrogens with zero attached hydrogens (tertiary/aromatic N) is 1. The Bertz CT molecular complexity index is 236. The van der Waals surface area contributed by atoms with Gasteiger partial charge in [0, 0.05) is 25.2 Å². The van der Waals surface area contributed by atoms with Crippen molar-refractivity contribution in [1.29, 1.82) is 0 Å². The first kappa shape index (κ1) is 11.7. The van der Waals surface area contributed by atoms with Crippen LogP contribution in [0.3, 0.4) is 0 Å². The number of nitrogens with two attached hydrogens (primary N) is 1. The van der Waals surface area contributed by atoms with Gasteiger partial charge in [-0.2, -0.15) is 0 Å². The Morgan fingerprint density at radius 3 is 2.31 bits per heavy atom. The van der Waals surface area contributed by atoms with Crippen LogP contribution in [0.15, 0.2) is 0 Å². The lowest BCUT2D eigenvalue weighted by molar-refractivity contribution is 0.194. The summed E-state index contributed by atoms with van der Waals surface area (Å²) in [5.74, 6) is 0. The maximum absolute atomic E-state index is 12.0. The molecule has 0 bridgehead atoms. The minimum Gasteiger partial charge on any atom is -0.334 e. The average molecular weight is 225 g/mol. The highest BCUT2D eigenvalue weighted by atomic mass is 16.2. The van der Waals surface area contributed by atoms with Crippen LogP contribution in [0.5, 0.6) is 0 Å². The molecule has 0 aromatic rings. The predicted molar refractivity (Wildman–Crippen MR) is 64.2 cm³/mol. The maximum Gasteiger partial charge on any atom is 0.317 e. The van der Waals surface area contributed by atoms with Gasteiger partial charge in [0.05, 0.1) is 0 Å². The lowest BCUT2D eigenvalue weighted by Crippen LogP contribution is -2.49. The highest BCUT2D eigenvalue weighted by Crippen LogP contribution is 2.18. The summed E-state index contributed by atoms with van der Waals surface area (Å²) in [6, 6.07) is 0.468. The van der Waals surface area contributed by atoms with Crippen LogP contribution in [0.1, 0.15) is 44.9 Å². The van der Waals surface area contributed by atoms with Crippen molar-refractivity contribution in [3.8, 4) is 0 Å². The molecular formula is C12H23N3O. The standard InChI is InChI=1S/C12H23N3O/c13-10-6-5-7-11(10)14-12(16)15-8-3-1-2-4-9-15/h10-11H,1-9,13H2,(H,14,16). The van der Waals surface area contributed by atoms with E-state index < -0.39 is 0 Å². The molecule has 2 fully saturated rings. The molecule has 2 unspecified atom stereocenters. The van der Waals surface area contributed by atoms with Crippen molar-refractivity contribution in [2.75, 3.05) is 13.1 Å². The van der Waals surface area contributed by atoms with Crippen LogP contribution < -0.4 is 11.1 Å². The summed E-state index contributed by atoms with van der Waals surface area (Å²) < 4.78 is 0. The van der Waals surface area contributed by atoms with Gasteiger partial charge in [-0.25, -0.2) is 4.79 Å². The molecule has 2 rings (SSSR count). The Morgan fingerprint density at radius 1 is 1.06 bits per heavy atom. The van der Waals surface area contributed by atoms with Gasteiger partial charge in [-0.3, -0.25) is 0 Å². The maximum atomic E-state index is 12.0. The highest BCUT2D eigenvalue weighted by Gasteiger charge is 2.27. The Labute approximate surface area is 97.6 Å². The topological polar surface area (TPSA) is 58.4 Å². The lowest BCUT2D eigenvalue weighted by atomic mass is 10.2. The summed E-state index contributed by atoms with van der Waals surface area (Å²) >= 11 is 0. The van der Waals surface area contributed by atoms with Crippen molar-refractivity contribution in [1.82, 2.24) is 10.2 Å². The van der Waals surface area contributed by atoms with E-state index in [1.807, 2.05) is 4.90 Å². The molecule has 0 spiro atoms. The molecular weight excluding hydrogens is 202 g/mol. The summed E-state index contributed by atoms with van der Waals surface area (Å²) in [5, 5.41) is 3.09. The van der Waals surface area contributed by atoms with Gasteiger partial charge in [-0.15, -0.1) is 0 Å². The van der Waals surface area contributed by atoms with Crippen molar-refractivity contribution in [2.45, 2.75) is 57.0 Å². The van der Waals surface area contributed by atoms with E-state index >= 15 is 0 Å². The fraction of sp³-hybridized carbons (Fsp3) is 0.917. The smallest absolute Gasteiger partial charge is 0.317 e. The minimum absolute atomic E-state index is 0.101. The number of rotatable bonds is 1. The number of carbonyl (C=O) groups is 1. The minimum atomic E-state index is 0.101. The number of hydrogen-bond acceptors (Lipinski definition) is 2. The van der Waals surface area contributed by atoms with Gasteiger partial charge >= 0.3 is 6.03 Å². The van der Waals surface area contributed by atoms with Gasteiger partial charge in [-0.05, 0) is 32.1 Å². The zero-order chi connectivity index (χ0) is 11.4. The predicted octanol–water partition coefficient (Wildman–Crippen LogP) is 1.45. The Kier molecular flexibility index (Phi) is 4.04. The molecule has 1 saturated carbocycles. The molecule has 16 heavy (non-hydrogen) atoms. The first-order chi connectivity index (χ1) is 7.77. The molecule has 0 aromatic carbocycles. The summed E-state index contributed by atoms with van der Waals surface area (Å²) in [4.78, 5) is 14.0. The SMILES string of the molecule is NC1CCCC1NC(=O)N1CCCCCC1. The number of hydrogen-bond donors (Lipinski definition) is 2. The van der Waals surface area contributed by atoms with Crippen molar-refractivity contribution >= 4 is 6.03 Å². The number of likely N-dealkylation sites (tertiary alicyclic amines) is 1. The van der Waals surface area contributed by atoms with Gasteiger partial charge in [0.15, 0.2) is 0 Å². The van der Waals surface area contributed by atoms with Crippen LogP contribution in [0.4, 0.5) is 4.79 Å². The van der Waals surface area contributed by atoms with E-state index in [-0.39, 0.29) is 18.1 Å². The fourth-order valence-corrected chi connectivity index (χ4v) is 2.69. The third-order valence-corrected chi connectivity index (χ3v) is 3.77. The second kappa shape index (κ2) is 5.53. The van der Waals surface area contributed by atoms with E-state index in [0.717, 1.165) is 45.2 Å². The third kappa shape index (κ3) is 2.88. The summed E-state index contributed by atoms with van der Waals surface area (Å²) in [7, 11) is 0. The van der Waals surface area contributed by atoms with Gasteiger partial charge in [0.1, 0.15) is 0 Å². The molecule has 1 aliphatic carbocycles. The van der Waals surface area contributed by atoms with Crippen molar-refractivity contribution in [3.05, 3.63) is 0 Å². The number of nitrogens with one attached hydrogen (secondary N) is 1. The van der Waals surface area contributed by atoms with E-state index in [1.165, 1.54) is 12.8 Å². The van der Waals surface area contributed by atoms with E-state index in [0.29, 0.717) is 0 Å². The average Bonchev–Trinajstić information content (AvgIpc) is 2.57. The Balaban J connectivity index is 1.81. The fourth-order valence-electron chi connectivity index (χ4n) is 2.69. The van der Waals surface area contributed by atoms with Crippen molar-refractivity contribution in [3.63, 3.8) is 0 Å². The number of urea groups is 1. The molecule has 92 valence electrons. The monoisotopic (exact) mass is 225 g/mol. The van der Waals surface area contributed by atoms with Crippen molar-refractivity contribution < 1.29 is 4.79 Å². The second-order valence-corrected chi connectivity index (χ2v) is 5.05. The lowest BCUT2D eigenvalue weighted by Gasteiger charge is -2.25. The van der Waals surface area contributed by atoms with Gasteiger partial charge in [0.25, 0.3) is 0 Å². The summed E-state index contributed by atoms with van der Waals surface area (Å²) in [5.41, 5.74) is 5.95. The second-order valence-electron chi connectivity index (χ2n) is 5.05. The molecule has 1 heterocycles. The van der Waals surface area contributed by atoms with Crippen LogP contribution in [0.25, 0.3) is 0 Å². The zero-order valence-electron chi connectivity index (χ0n) is 9.95. The van der Waals surface area contributed by atoms with Crippen LogP contribution in [0, 0.1) is 0 Å². The molecule has 4 nitrogen and oxygen atoms in total. The normalized spacial score (nSPS) is 31.2. The van der Waals surface area contributed by atoms with Crippen LogP contribution in [-0.4, -0.2) is 36.1 Å². The van der Waals surface area contributed by atoms with Gasteiger partial charge < -0.3 is 16.0 Å². The van der Waals surface area contributed by atoms with E-state index in [9.17, 15) is 4.79 Å². The molecule has 2 atom stereocenters. The first-order valence-corrected chi connectivity index (χ1v) is 6.58. The van der Waals surface area contributed by atoms with E-state index in [1.54, 1.807) is 0 Å². The quantitative estimate of drug-likeness (QED) is 0.709. The zero-order valence-corrected chi connectivity index (χ0v) is 9.95.